The minimum Gasteiger partial charge on any atom is -0.477 e. The summed E-state index contributed by atoms with van der Waals surface area (Å²) in [6.07, 6.45) is 2.83. The maximum Gasteiger partial charge on any atom is 0.439 e. The van der Waals surface area contributed by atoms with E-state index in [4.69, 9.17) is 0 Å². The molecule has 0 saturated heterocycles. The van der Waals surface area contributed by atoms with E-state index in [1.165, 1.54) is 22.8 Å². The molecule has 1 aliphatic rings. The third-order valence-corrected chi connectivity index (χ3v) is 5.05. The molecule has 150 valence electrons. The number of amides is 1. The van der Waals surface area contributed by atoms with Gasteiger partial charge in [0.2, 0.25) is 0 Å². The Labute approximate surface area is 167 Å². The van der Waals surface area contributed by atoms with E-state index in [-0.39, 0.29) is 23.1 Å². The summed E-state index contributed by atoms with van der Waals surface area (Å²) in [5.74, 6) is -1.96. The van der Waals surface area contributed by atoms with Crippen LogP contribution in [-0.2, 0) is 6.42 Å². The van der Waals surface area contributed by atoms with E-state index in [1.807, 2.05) is 12.1 Å². The SMILES string of the molecule is O=C(N[C@H]1CCc2cc(-c3noc(=O)[nH]3)ccc21)c1cc(C(=O)O)n2nccc2n1. The molecule has 1 aromatic carbocycles. The number of carboxylic acid groups (broad SMARTS) is 1. The van der Waals surface area contributed by atoms with E-state index in [9.17, 15) is 19.5 Å². The van der Waals surface area contributed by atoms with Crippen molar-refractivity contribution in [1.82, 2.24) is 30.1 Å². The number of aromatic amines is 1. The van der Waals surface area contributed by atoms with E-state index in [0.29, 0.717) is 17.8 Å². The average molecular weight is 406 g/mol. The Hall–Kier alpha value is -4.28. The Morgan fingerprint density at radius 1 is 1.27 bits per heavy atom. The normalized spacial score (nSPS) is 15.3. The van der Waals surface area contributed by atoms with Crippen LogP contribution in [0.3, 0.4) is 0 Å². The number of carboxylic acids is 1. The van der Waals surface area contributed by atoms with Crippen molar-refractivity contribution < 1.29 is 19.2 Å². The highest BCUT2D eigenvalue weighted by Crippen LogP contribution is 2.33. The van der Waals surface area contributed by atoms with Crippen LogP contribution < -0.4 is 11.1 Å². The molecule has 5 rings (SSSR count). The fraction of sp³-hybridized carbons (Fsp3) is 0.158. The Morgan fingerprint density at radius 2 is 2.13 bits per heavy atom. The predicted octanol–water partition coefficient (Wildman–Crippen LogP) is 1.19. The Balaban J connectivity index is 1.41. The van der Waals surface area contributed by atoms with Crippen LogP contribution in [0.15, 0.2) is 45.8 Å². The van der Waals surface area contributed by atoms with Gasteiger partial charge in [-0.2, -0.15) is 5.10 Å². The number of rotatable bonds is 4. The molecule has 0 aliphatic heterocycles. The van der Waals surface area contributed by atoms with Crippen LogP contribution in [0.4, 0.5) is 0 Å². The van der Waals surface area contributed by atoms with Crippen LogP contribution in [0.25, 0.3) is 17.0 Å². The van der Waals surface area contributed by atoms with Gasteiger partial charge in [-0.25, -0.2) is 19.1 Å². The molecule has 3 N–H and O–H groups in total. The van der Waals surface area contributed by atoms with E-state index in [2.05, 4.69) is 30.1 Å². The molecule has 1 aliphatic carbocycles. The second kappa shape index (κ2) is 6.65. The van der Waals surface area contributed by atoms with Crippen molar-refractivity contribution in [2.24, 2.45) is 0 Å². The van der Waals surface area contributed by atoms with Crippen LogP contribution in [0.1, 0.15) is 44.6 Å². The molecule has 0 fully saturated rings. The van der Waals surface area contributed by atoms with Crippen LogP contribution in [-0.4, -0.2) is 41.7 Å². The molecule has 0 unspecified atom stereocenters. The van der Waals surface area contributed by atoms with Gasteiger partial charge >= 0.3 is 11.7 Å². The topological polar surface area (TPSA) is 155 Å². The first-order chi connectivity index (χ1) is 14.5. The third kappa shape index (κ3) is 2.92. The lowest BCUT2D eigenvalue weighted by atomic mass is 10.0. The van der Waals surface area contributed by atoms with Crippen LogP contribution in [0, 0.1) is 0 Å². The van der Waals surface area contributed by atoms with Crippen molar-refractivity contribution in [3.05, 3.63) is 69.6 Å². The Morgan fingerprint density at radius 3 is 2.90 bits per heavy atom. The number of hydrogen-bond acceptors (Lipinski definition) is 7. The number of hydrogen-bond donors (Lipinski definition) is 3. The van der Waals surface area contributed by atoms with Crippen molar-refractivity contribution in [2.75, 3.05) is 0 Å². The minimum absolute atomic E-state index is 0.00522. The van der Waals surface area contributed by atoms with E-state index < -0.39 is 17.6 Å². The monoisotopic (exact) mass is 406 g/mol. The summed E-state index contributed by atoms with van der Waals surface area (Å²) in [5, 5.41) is 19.9. The summed E-state index contributed by atoms with van der Waals surface area (Å²) in [7, 11) is 0. The second-order valence-corrected chi connectivity index (χ2v) is 6.85. The van der Waals surface area contributed by atoms with Crippen molar-refractivity contribution in [3.63, 3.8) is 0 Å². The zero-order valence-corrected chi connectivity index (χ0v) is 15.3. The summed E-state index contributed by atoms with van der Waals surface area (Å²) >= 11 is 0. The maximum atomic E-state index is 12.8. The average Bonchev–Trinajstić information content (AvgIpc) is 3.46. The van der Waals surface area contributed by atoms with Gasteiger partial charge in [-0.05, 0) is 30.0 Å². The van der Waals surface area contributed by atoms with E-state index in [1.54, 1.807) is 6.07 Å². The number of fused-ring (bicyclic) bond motifs is 2. The van der Waals surface area contributed by atoms with Crippen LogP contribution in [0.5, 0.6) is 0 Å². The first-order valence-corrected chi connectivity index (χ1v) is 9.08. The number of carbonyl (C=O) groups is 2. The lowest BCUT2D eigenvalue weighted by Gasteiger charge is -2.14. The molecule has 11 nitrogen and oxygen atoms in total. The molecule has 0 bridgehead atoms. The van der Waals surface area contributed by atoms with Crippen LogP contribution in [0.2, 0.25) is 0 Å². The van der Waals surface area contributed by atoms with Gasteiger partial charge in [-0.3, -0.25) is 14.3 Å². The zero-order chi connectivity index (χ0) is 20.8. The van der Waals surface area contributed by atoms with Crippen molar-refractivity contribution in [3.8, 4) is 11.4 Å². The minimum atomic E-state index is -1.20. The summed E-state index contributed by atoms with van der Waals surface area (Å²) in [6, 6.07) is 8.05. The van der Waals surface area contributed by atoms with Gasteiger partial charge < -0.3 is 10.4 Å². The number of carbonyl (C=O) groups excluding carboxylic acids is 1. The molecule has 0 saturated carbocycles. The summed E-state index contributed by atoms with van der Waals surface area (Å²) in [6.45, 7) is 0. The summed E-state index contributed by atoms with van der Waals surface area (Å²) in [5.41, 5.74) is 2.82. The lowest BCUT2D eigenvalue weighted by Crippen LogP contribution is -2.28. The van der Waals surface area contributed by atoms with Gasteiger partial charge in [0, 0.05) is 17.7 Å². The highest BCUT2D eigenvalue weighted by molar-refractivity contribution is 5.96. The molecule has 4 aromatic rings. The Kier molecular flexibility index (Phi) is 3.95. The predicted molar refractivity (Wildman–Crippen MR) is 101 cm³/mol. The van der Waals surface area contributed by atoms with Crippen molar-refractivity contribution >= 4 is 17.5 Å². The molecule has 3 heterocycles. The number of aryl methyl sites for hydroxylation is 1. The van der Waals surface area contributed by atoms with Crippen LogP contribution >= 0.6 is 0 Å². The lowest BCUT2D eigenvalue weighted by molar-refractivity contribution is 0.0687. The van der Waals surface area contributed by atoms with Gasteiger partial charge in [-0.1, -0.05) is 17.3 Å². The number of nitrogens with zero attached hydrogens (tertiary/aromatic N) is 4. The number of nitrogens with one attached hydrogen (secondary N) is 2. The number of H-pyrrole nitrogens is 1. The maximum absolute atomic E-state index is 12.8. The molecule has 0 radical (unpaired) electrons. The highest BCUT2D eigenvalue weighted by Gasteiger charge is 2.26. The summed E-state index contributed by atoms with van der Waals surface area (Å²) in [4.78, 5) is 42.1. The standard InChI is InChI=1S/C19H14N6O5/c26-17(13-8-14(18(27)28)25-15(21-13)5-6-20-25)22-12-4-2-9-7-10(1-3-11(9)12)16-23-19(29)30-24-16/h1,3,5-8,12H,2,4H2,(H,22,26)(H,27,28)(H,23,24,29)/t12-/m0/s1. The number of aromatic nitrogens is 5. The van der Waals surface area contributed by atoms with Gasteiger partial charge in [-0.15, -0.1) is 0 Å². The fourth-order valence-corrected chi connectivity index (χ4v) is 3.68. The fourth-order valence-electron chi connectivity index (χ4n) is 3.68. The Bertz CT molecular complexity index is 1370. The molecule has 3 aromatic heterocycles. The molecular weight excluding hydrogens is 392 g/mol. The van der Waals surface area contributed by atoms with Gasteiger partial charge in [0.15, 0.2) is 17.2 Å². The molecule has 0 spiro atoms. The van der Waals surface area contributed by atoms with Gasteiger partial charge in [0.1, 0.15) is 5.69 Å². The molecule has 1 atom stereocenters. The van der Waals surface area contributed by atoms with Crippen molar-refractivity contribution in [1.29, 1.82) is 0 Å². The molecule has 30 heavy (non-hydrogen) atoms. The first kappa shape index (κ1) is 17.8. The second-order valence-electron chi connectivity index (χ2n) is 6.85. The first-order valence-electron chi connectivity index (χ1n) is 9.08. The highest BCUT2D eigenvalue weighted by atomic mass is 16.5. The zero-order valence-electron chi connectivity index (χ0n) is 15.3. The molecule has 11 heteroatoms. The molecule has 1 amide bonds. The van der Waals surface area contributed by atoms with E-state index in [0.717, 1.165) is 17.5 Å². The quantitative estimate of drug-likeness (QED) is 0.456. The summed E-state index contributed by atoms with van der Waals surface area (Å²) < 4.78 is 5.71. The van der Waals surface area contributed by atoms with Gasteiger partial charge in [0.05, 0.1) is 12.2 Å². The smallest absolute Gasteiger partial charge is 0.439 e. The number of benzene rings is 1. The van der Waals surface area contributed by atoms with Crippen molar-refractivity contribution in [2.45, 2.75) is 18.9 Å². The van der Waals surface area contributed by atoms with Gasteiger partial charge in [0.25, 0.3) is 5.91 Å². The van der Waals surface area contributed by atoms with E-state index >= 15 is 0 Å². The largest absolute Gasteiger partial charge is 0.477 e. The number of aromatic carboxylic acids is 1. The molecular formula is C19H14N6O5. The third-order valence-electron chi connectivity index (χ3n) is 5.05.